The van der Waals surface area contributed by atoms with E-state index in [0.717, 1.165) is 40.7 Å². The van der Waals surface area contributed by atoms with Crippen LogP contribution in [-0.2, 0) is 10.0 Å². The molecule has 3 aromatic rings. The highest BCUT2D eigenvalue weighted by Crippen LogP contribution is 2.38. The van der Waals surface area contributed by atoms with Crippen LogP contribution in [0.25, 0.3) is 21.6 Å². The zero-order valence-electron chi connectivity index (χ0n) is 15.2. The summed E-state index contributed by atoms with van der Waals surface area (Å²) in [5, 5.41) is 2.51. The molecule has 5 nitrogen and oxygen atoms in total. The van der Waals surface area contributed by atoms with Gasteiger partial charge in [-0.05, 0) is 66.1 Å². The molecule has 0 saturated heterocycles. The van der Waals surface area contributed by atoms with Crippen LogP contribution in [0.4, 0.5) is 5.69 Å². The third-order valence-electron chi connectivity index (χ3n) is 4.88. The lowest BCUT2D eigenvalue weighted by Gasteiger charge is -2.27. The van der Waals surface area contributed by atoms with Crippen LogP contribution < -0.4 is 10.3 Å². The average molecular weight is 435 g/mol. The number of hydrogen-bond acceptors (Lipinski definition) is 4. The van der Waals surface area contributed by atoms with Crippen molar-refractivity contribution in [2.75, 3.05) is 11.0 Å². The SMILES string of the molecule is CS(=O)(=O)Nc1ccc(-c2cc(-c3ccc(=O)n(C4CCC4)c3)cs2)c(Cl)c1. The molecule has 0 bridgehead atoms. The Kier molecular flexibility index (Phi) is 5.07. The smallest absolute Gasteiger partial charge is 0.250 e. The molecule has 4 rings (SSSR count). The molecule has 146 valence electrons. The van der Waals surface area contributed by atoms with E-state index in [4.69, 9.17) is 11.6 Å². The standard InChI is InChI=1S/C20H19ClN2O3S2/c1-28(25,26)22-15-6-7-17(18(21)10-15)19-9-14(12-27-19)13-5-8-20(24)23(11-13)16-3-2-4-16/h5-12,16,22H,2-4H2,1H3. The highest BCUT2D eigenvalue weighted by Gasteiger charge is 2.20. The van der Waals surface area contributed by atoms with E-state index < -0.39 is 10.0 Å². The van der Waals surface area contributed by atoms with Crippen molar-refractivity contribution in [2.45, 2.75) is 25.3 Å². The van der Waals surface area contributed by atoms with Gasteiger partial charge in [-0.15, -0.1) is 11.3 Å². The van der Waals surface area contributed by atoms with Crippen molar-refractivity contribution in [1.29, 1.82) is 0 Å². The van der Waals surface area contributed by atoms with Crippen molar-refractivity contribution in [3.8, 4) is 21.6 Å². The van der Waals surface area contributed by atoms with Gasteiger partial charge in [0.15, 0.2) is 0 Å². The molecule has 2 aromatic heterocycles. The predicted octanol–water partition coefficient (Wildman–Crippen LogP) is 4.99. The molecule has 1 saturated carbocycles. The fourth-order valence-corrected chi connectivity index (χ4v) is 5.10. The van der Waals surface area contributed by atoms with Gasteiger partial charge in [-0.1, -0.05) is 11.6 Å². The van der Waals surface area contributed by atoms with E-state index in [1.165, 1.54) is 6.42 Å². The van der Waals surface area contributed by atoms with Crippen LogP contribution in [0.1, 0.15) is 25.3 Å². The third kappa shape index (κ3) is 4.01. The van der Waals surface area contributed by atoms with Gasteiger partial charge in [-0.3, -0.25) is 9.52 Å². The molecule has 1 aliphatic carbocycles. The molecule has 0 aliphatic heterocycles. The molecule has 1 fully saturated rings. The summed E-state index contributed by atoms with van der Waals surface area (Å²) in [6, 6.07) is 10.9. The van der Waals surface area contributed by atoms with Crippen LogP contribution in [-0.4, -0.2) is 19.2 Å². The Hall–Kier alpha value is -2.09. The summed E-state index contributed by atoms with van der Waals surface area (Å²) in [5.41, 5.74) is 3.34. The molecule has 1 aliphatic rings. The van der Waals surface area contributed by atoms with Crippen molar-refractivity contribution in [2.24, 2.45) is 0 Å². The van der Waals surface area contributed by atoms with Crippen LogP contribution in [0.5, 0.6) is 0 Å². The molecule has 0 amide bonds. The van der Waals surface area contributed by atoms with Gasteiger partial charge >= 0.3 is 0 Å². The highest BCUT2D eigenvalue weighted by atomic mass is 35.5. The van der Waals surface area contributed by atoms with Crippen molar-refractivity contribution in [1.82, 2.24) is 4.57 Å². The number of sulfonamides is 1. The third-order valence-corrected chi connectivity index (χ3v) is 6.76. The van der Waals surface area contributed by atoms with Crippen LogP contribution >= 0.6 is 22.9 Å². The van der Waals surface area contributed by atoms with Gasteiger partial charge in [0, 0.05) is 34.4 Å². The molecule has 28 heavy (non-hydrogen) atoms. The second-order valence-electron chi connectivity index (χ2n) is 7.02. The van der Waals surface area contributed by atoms with Crippen molar-refractivity contribution >= 4 is 38.6 Å². The van der Waals surface area contributed by atoms with Crippen LogP contribution in [0.2, 0.25) is 5.02 Å². The quantitative estimate of drug-likeness (QED) is 0.614. The van der Waals surface area contributed by atoms with Gasteiger partial charge in [0.25, 0.3) is 5.56 Å². The van der Waals surface area contributed by atoms with E-state index in [9.17, 15) is 13.2 Å². The average Bonchev–Trinajstić information content (AvgIpc) is 3.03. The minimum absolute atomic E-state index is 0.0425. The monoisotopic (exact) mass is 434 g/mol. The van der Waals surface area contributed by atoms with Crippen LogP contribution in [0.15, 0.2) is 52.8 Å². The molecule has 0 atom stereocenters. The zero-order chi connectivity index (χ0) is 19.9. The number of nitrogens with zero attached hydrogens (tertiary/aromatic N) is 1. The first-order valence-corrected chi connectivity index (χ1v) is 12.0. The Balaban J connectivity index is 1.64. The molecule has 0 unspecified atom stereocenters. The normalized spacial score (nSPS) is 14.6. The van der Waals surface area contributed by atoms with Gasteiger partial charge in [0.1, 0.15) is 0 Å². The summed E-state index contributed by atoms with van der Waals surface area (Å²) in [5.74, 6) is 0. The van der Waals surface area contributed by atoms with E-state index in [1.807, 2.05) is 28.3 Å². The number of aromatic nitrogens is 1. The van der Waals surface area contributed by atoms with E-state index in [1.54, 1.807) is 35.6 Å². The number of halogens is 1. The van der Waals surface area contributed by atoms with Gasteiger partial charge in [0.05, 0.1) is 11.3 Å². The summed E-state index contributed by atoms with van der Waals surface area (Å²) in [6.07, 6.45) is 6.33. The first-order valence-electron chi connectivity index (χ1n) is 8.89. The molecule has 2 heterocycles. The lowest BCUT2D eigenvalue weighted by Crippen LogP contribution is -2.27. The van der Waals surface area contributed by atoms with E-state index >= 15 is 0 Å². The van der Waals surface area contributed by atoms with Crippen molar-refractivity contribution < 1.29 is 8.42 Å². The summed E-state index contributed by atoms with van der Waals surface area (Å²) in [4.78, 5) is 13.1. The van der Waals surface area contributed by atoms with Gasteiger partial charge in [-0.25, -0.2) is 8.42 Å². The van der Waals surface area contributed by atoms with E-state index in [2.05, 4.69) is 4.72 Å². The summed E-state index contributed by atoms with van der Waals surface area (Å²) in [7, 11) is -3.35. The van der Waals surface area contributed by atoms with Crippen molar-refractivity contribution in [3.63, 3.8) is 0 Å². The van der Waals surface area contributed by atoms with Crippen LogP contribution in [0, 0.1) is 0 Å². The Morgan fingerprint density at radius 1 is 1.14 bits per heavy atom. The molecule has 1 aromatic carbocycles. The topological polar surface area (TPSA) is 68.2 Å². The second kappa shape index (κ2) is 7.39. The minimum atomic E-state index is -3.35. The number of anilines is 1. The number of nitrogens with one attached hydrogen (secondary N) is 1. The fraction of sp³-hybridized carbons (Fsp3) is 0.250. The first-order chi connectivity index (χ1) is 13.3. The van der Waals surface area contributed by atoms with Gasteiger partial charge < -0.3 is 4.57 Å². The number of rotatable bonds is 5. The number of thiophene rings is 1. The molecule has 1 N–H and O–H groups in total. The Labute approximate surface area is 172 Å². The van der Waals surface area contributed by atoms with Crippen LogP contribution in [0.3, 0.4) is 0 Å². The van der Waals surface area contributed by atoms with Gasteiger partial charge in [-0.2, -0.15) is 0 Å². The molecular formula is C20H19ClN2O3S2. The largest absolute Gasteiger partial charge is 0.312 e. The number of hydrogen-bond donors (Lipinski definition) is 1. The number of benzene rings is 1. The fourth-order valence-electron chi connectivity index (χ4n) is 3.25. The molecular weight excluding hydrogens is 416 g/mol. The maximum atomic E-state index is 12.1. The first kappa shape index (κ1) is 19.2. The zero-order valence-corrected chi connectivity index (χ0v) is 17.6. The van der Waals surface area contributed by atoms with E-state index in [-0.39, 0.29) is 5.56 Å². The maximum Gasteiger partial charge on any atom is 0.250 e. The number of pyridine rings is 1. The Bertz CT molecular complexity index is 1190. The Morgan fingerprint density at radius 3 is 2.57 bits per heavy atom. The van der Waals surface area contributed by atoms with E-state index in [0.29, 0.717) is 16.8 Å². The molecule has 0 spiro atoms. The lowest BCUT2D eigenvalue weighted by molar-refractivity contribution is 0.306. The molecule has 0 radical (unpaired) electrons. The highest BCUT2D eigenvalue weighted by molar-refractivity contribution is 7.92. The van der Waals surface area contributed by atoms with Crippen molar-refractivity contribution in [3.05, 3.63) is 63.4 Å². The summed E-state index contributed by atoms with van der Waals surface area (Å²) >= 11 is 7.95. The summed E-state index contributed by atoms with van der Waals surface area (Å²) < 4.78 is 27.0. The lowest BCUT2D eigenvalue weighted by atomic mass is 9.92. The maximum absolute atomic E-state index is 12.1. The van der Waals surface area contributed by atoms with Gasteiger partial charge in [0.2, 0.25) is 10.0 Å². The summed E-state index contributed by atoms with van der Waals surface area (Å²) in [6.45, 7) is 0. The molecule has 8 heteroatoms. The second-order valence-corrected chi connectivity index (χ2v) is 10.1. The Morgan fingerprint density at radius 2 is 1.93 bits per heavy atom. The predicted molar refractivity (Wildman–Crippen MR) is 116 cm³/mol. The minimum Gasteiger partial charge on any atom is -0.312 e.